The van der Waals surface area contributed by atoms with E-state index in [1.54, 1.807) is 11.3 Å². The molecule has 0 saturated heterocycles. The molecule has 0 spiro atoms. The average Bonchev–Trinajstić information content (AvgIpc) is 3.02. The van der Waals surface area contributed by atoms with Gasteiger partial charge in [0.25, 0.3) is 0 Å². The fourth-order valence-electron chi connectivity index (χ4n) is 2.06. The molecule has 0 aliphatic heterocycles. The number of nitrogens with one attached hydrogen (secondary N) is 1. The summed E-state index contributed by atoms with van der Waals surface area (Å²) in [5, 5.41) is 6.49. The van der Waals surface area contributed by atoms with Crippen molar-refractivity contribution >= 4 is 28.1 Å². The molecular weight excluding hydrogens is 286 g/mol. The maximum absolute atomic E-state index is 4.70. The zero-order valence-corrected chi connectivity index (χ0v) is 14.3. The van der Waals surface area contributed by atoms with Gasteiger partial charge in [-0.15, -0.1) is 11.3 Å². The van der Waals surface area contributed by atoms with Gasteiger partial charge in [0.05, 0.1) is 5.69 Å². The van der Waals surface area contributed by atoms with E-state index in [1.807, 2.05) is 0 Å². The summed E-state index contributed by atoms with van der Waals surface area (Å²) >= 11 is 3.77. The van der Waals surface area contributed by atoms with E-state index < -0.39 is 0 Å². The Labute approximate surface area is 130 Å². The molecule has 1 N–H and O–H groups in total. The van der Waals surface area contributed by atoms with E-state index in [9.17, 15) is 0 Å². The third-order valence-electron chi connectivity index (χ3n) is 3.44. The number of imidazole rings is 1. The van der Waals surface area contributed by atoms with Crippen LogP contribution in [0.15, 0.2) is 17.8 Å². The molecule has 0 amide bonds. The van der Waals surface area contributed by atoms with Crippen molar-refractivity contribution in [3.8, 4) is 0 Å². The molecule has 2 aromatic rings. The number of hydrogen-bond donors (Lipinski definition) is 1. The van der Waals surface area contributed by atoms with Crippen LogP contribution in [0.5, 0.6) is 0 Å². The van der Waals surface area contributed by atoms with Crippen molar-refractivity contribution in [2.45, 2.75) is 51.3 Å². The summed E-state index contributed by atoms with van der Waals surface area (Å²) in [7, 11) is 0. The number of fused-ring (bicyclic) bond motifs is 1. The van der Waals surface area contributed by atoms with Crippen molar-refractivity contribution in [2.24, 2.45) is 0 Å². The molecule has 0 aromatic carbocycles. The van der Waals surface area contributed by atoms with E-state index in [4.69, 9.17) is 4.98 Å². The first-order valence-corrected chi connectivity index (χ1v) is 9.41. The van der Waals surface area contributed by atoms with E-state index in [2.05, 4.69) is 60.0 Å². The maximum Gasteiger partial charge on any atom is 0.193 e. The minimum absolute atomic E-state index is 0.526. The molecule has 3 nitrogen and oxygen atoms in total. The monoisotopic (exact) mass is 311 g/mol. The first-order valence-electron chi connectivity index (χ1n) is 7.49. The summed E-state index contributed by atoms with van der Waals surface area (Å²) in [6.45, 7) is 7.89. The van der Waals surface area contributed by atoms with Gasteiger partial charge in [-0.25, -0.2) is 4.98 Å². The maximum atomic E-state index is 4.70. The zero-order chi connectivity index (χ0) is 14.4. The highest BCUT2D eigenvalue weighted by Crippen LogP contribution is 2.18. The van der Waals surface area contributed by atoms with E-state index in [0.29, 0.717) is 6.04 Å². The summed E-state index contributed by atoms with van der Waals surface area (Å²) in [6.07, 6.45) is 7.70. The van der Waals surface area contributed by atoms with Crippen molar-refractivity contribution in [3.63, 3.8) is 0 Å². The van der Waals surface area contributed by atoms with Crippen LogP contribution < -0.4 is 5.32 Å². The molecule has 2 atom stereocenters. The summed E-state index contributed by atoms with van der Waals surface area (Å²) in [6, 6.07) is 0.526. The Morgan fingerprint density at radius 1 is 1.45 bits per heavy atom. The predicted molar refractivity (Wildman–Crippen MR) is 91.1 cm³/mol. The molecule has 2 rings (SSSR count). The fraction of sp³-hybridized carbons (Fsp3) is 0.667. The standard InChI is InChI=1S/C15H25N3S2/c1-4-6-16-14(11-20-12(3)5-2)9-13-10-18-7-8-19-15(18)17-13/h7-8,10,12,14,16H,4-6,9,11H2,1-3H3. The Kier molecular flexibility index (Phi) is 6.39. The SMILES string of the molecule is CCCNC(CSC(C)CC)Cc1cn2ccsc2n1. The average molecular weight is 312 g/mol. The van der Waals surface area contributed by atoms with Crippen LogP contribution in [-0.4, -0.2) is 33.0 Å². The Hall–Kier alpha value is -0.520. The van der Waals surface area contributed by atoms with Crippen LogP contribution in [0.4, 0.5) is 0 Å². The van der Waals surface area contributed by atoms with Crippen molar-refractivity contribution in [2.75, 3.05) is 12.3 Å². The van der Waals surface area contributed by atoms with Crippen LogP contribution in [0.2, 0.25) is 0 Å². The summed E-state index contributed by atoms with van der Waals surface area (Å²) in [4.78, 5) is 5.80. The van der Waals surface area contributed by atoms with Gasteiger partial charge in [0.15, 0.2) is 4.96 Å². The number of thioether (sulfide) groups is 1. The lowest BCUT2D eigenvalue weighted by Gasteiger charge is -2.19. The number of nitrogens with zero attached hydrogens (tertiary/aromatic N) is 2. The fourth-order valence-corrected chi connectivity index (χ4v) is 3.81. The zero-order valence-electron chi connectivity index (χ0n) is 12.6. The second-order valence-corrected chi connectivity index (χ2v) is 7.58. The molecule has 112 valence electrons. The minimum atomic E-state index is 0.526. The van der Waals surface area contributed by atoms with Gasteiger partial charge in [-0.3, -0.25) is 4.40 Å². The molecule has 0 bridgehead atoms. The van der Waals surface area contributed by atoms with Crippen LogP contribution in [0.25, 0.3) is 4.96 Å². The first-order chi connectivity index (χ1) is 9.72. The van der Waals surface area contributed by atoms with Crippen LogP contribution in [0.3, 0.4) is 0 Å². The molecule has 20 heavy (non-hydrogen) atoms. The Balaban J connectivity index is 1.93. The van der Waals surface area contributed by atoms with E-state index >= 15 is 0 Å². The highest BCUT2D eigenvalue weighted by molar-refractivity contribution is 7.99. The molecule has 0 aliphatic carbocycles. The smallest absolute Gasteiger partial charge is 0.193 e. The molecular formula is C15H25N3S2. The normalized spacial score (nSPS) is 14.8. The van der Waals surface area contributed by atoms with Crippen molar-refractivity contribution in [1.29, 1.82) is 0 Å². The number of hydrogen-bond acceptors (Lipinski definition) is 4. The second-order valence-electron chi connectivity index (χ2n) is 5.23. The Morgan fingerprint density at radius 3 is 3.00 bits per heavy atom. The number of rotatable bonds is 9. The molecule has 0 aliphatic rings. The second kappa shape index (κ2) is 8.05. The molecule has 0 fully saturated rings. The number of thiazole rings is 1. The number of aromatic nitrogens is 2. The van der Waals surface area contributed by atoms with Crippen LogP contribution >= 0.6 is 23.1 Å². The van der Waals surface area contributed by atoms with Gasteiger partial charge >= 0.3 is 0 Å². The lowest BCUT2D eigenvalue weighted by molar-refractivity contribution is 0.545. The van der Waals surface area contributed by atoms with Gasteiger partial charge < -0.3 is 5.32 Å². The predicted octanol–water partition coefficient (Wildman–Crippen LogP) is 3.84. The molecule has 0 saturated carbocycles. The highest BCUT2D eigenvalue weighted by Gasteiger charge is 2.13. The Bertz CT molecular complexity index is 477. The summed E-state index contributed by atoms with van der Waals surface area (Å²) in [5.41, 5.74) is 1.20. The van der Waals surface area contributed by atoms with E-state index in [1.165, 1.54) is 24.3 Å². The van der Waals surface area contributed by atoms with Crippen LogP contribution in [-0.2, 0) is 6.42 Å². The minimum Gasteiger partial charge on any atom is -0.313 e. The van der Waals surface area contributed by atoms with Gasteiger partial charge in [-0.05, 0) is 19.4 Å². The van der Waals surface area contributed by atoms with Crippen LogP contribution in [0.1, 0.15) is 39.3 Å². The molecule has 0 radical (unpaired) electrons. The topological polar surface area (TPSA) is 29.3 Å². The molecule has 5 heteroatoms. The lowest BCUT2D eigenvalue weighted by Crippen LogP contribution is -2.34. The van der Waals surface area contributed by atoms with Crippen molar-refractivity contribution in [1.82, 2.24) is 14.7 Å². The molecule has 2 heterocycles. The highest BCUT2D eigenvalue weighted by atomic mass is 32.2. The van der Waals surface area contributed by atoms with Gasteiger partial charge in [0.2, 0.25) is 0 Å². The van der Waals surface area contributed by atoms with Gasteiger partial charge in [0, 0.05) is 41.2 Å². The van der Waals surface area contributed by atoms with E-state index in [-0.39, 0.29) is 0 Å². The summed E-state index contributed by atoms with van der Waals surface area (Å²) < 4.78 is 2.12. The van der Waals surface area contributed by atoms with Crippen molar-refractivity contribution < 1.29 is 0 Å². The van der Waals surface area contributed by atoms with Crippen molar-refractivity contribution in [3.05, 3.63) is 23.5 Å². The van der Waals surface area contributed by atoms with E-state index in [0.717, 1.165) is 23.2 Å². The quantitative estimate of drug-likeness (QED) is 0.763. The molecule has 2 aromatic heterocycles. The van der Waals surface area contributed by atoms with Gasteiger partial charge in [-0.2, -0.15) is 11.8 Å². The third-order valence-corrected chi connectivity index (χ3v) is 5.71. The lowest BCUT2D eigenvalue weighted by atomic mass is 10.2. The van der Waals surface area contributed by atoms with Gasteiger partial charge in [-0.1, -0.05) is 20.8 Å². The molecule has 2 unspecified atom stereocenters. The Morgan fingerprint density at radius 2 is 2.30 bits per heavy atom. The summed E-state index contributed by atoms with van der Waals surface area (Å²) in [5.74, 6) is 1.17. The van der Waals surface area contributed by atoms with Crippen LogP contribution in [0, 0.1) is 0 Å². The largest absolute Gasteiger partial charge is 0.313 e. The first kappa shape index (κ1) is 15.9. The third kappa shape index (κ3) is 4.50. The van der Waals surface area contributed by atoms with Gasteiger partial charge in [0.1, 0.15) is 0 Å².